The van der Waals surface area contributed by atoms with E-state index in [4.69, 9.17) is 0 Å². The molecule has 0 saturated carbocycles. The zero-order valence-electron chi connectivity index (χ0n) is 22.3. The van der Waals surface area contributed by atoms with Gasteiger partial charge in [-0.05, 0) is 98.9 Å². The Morgan fingerprint density at radius 1 is 0.375 bits per heavy atom. The second-order valence-corrected chi connectivity index (χ2v) is 11.0. The zero-order chi connectivity index (χ0) is 26.4. The highest BCUT2D eigenvalue weighted by molar-refractivity contribution is 6.43. The summed E-state index contributed by atoms with van der Waals surface area (Å²) in [6.45, 7) is 2.33. The molecule has 0 bridgehead atoms. The fraction of sp³-hybridized carbons (Fsp3) is 0.0500. The van der Waals surface area contributed by atoms with Gasteiger partial charge in [-0.1, -0.05) is 134 Å². The van der Waals surface area contributed by atoms with Crippen LogP contribution in [0.4, 0.5) is 0 Å². The molecule has 0 amide bonds. The summed E-state index contributed by atoms with van der Waals surface area (Å²) in [5, 5.41) is 16.6. The molecule has 40 heavy (non-hydrogen) atoms. The van der Waals surface area contributed by atoms with Gasteiger partial charge in [0.15, 0.2) is 0 Å². The molecule has 0 heteroatoms. The number of rotatable bonds is 3. The van der Waals surface area contributed by atoms with E-state index in [1.165, 1.54) is 92.5 Å². The van der Waals surface area contributed by atoms with Crippen LogP contribution in [0.15, 0.2) is 127 Å². The summed E-state index contributed by atoms with van der Waals surface area (Å²) >= 11 is 0. The Hall–Kier alpha value is -4.94. The Morgan fingerprint density at radius 2 is 0.900 bits per heavy atom. The predicted octanol–water partition coefficient (Wildman–Crippen LogP) is 11.4. The smallest absolute Gasteiger partial charge is 0.00107 e. The third-order valence-corrected chi connectivity index (χ3v) is 9.13. The van der Waals surface area contributed by atoms with Crippen molar-refractivity contribution in [2.75, 3.05) is 0 Å². The highest BCUT2D eigenvalue weighted by Gasteiger charge is 2.26. The Kier molecular flexibility index (Phi) is 4.41. The van der Waals surface area contributed by atoms with Crippen LogP contribution in [0, 0.1) is 0 Å². The molecule has 0 fully saturated rings. The van der Waals surface area contributed by atoms with Gasteiger partial charge >= 0.3 is 0 Å². The van der Waals surface area contributed by atoms with E-state index in [1.807, 2.05) is 0 Å². The standard InChI is InChI=1S/C40H26/c1-2-27-37-30-19-9-16-25-17-10-20-31(34(25)30)39(37)35(26-14-7-4-8-15-26)40-32-21-11-18-29-28(24-12-5-3-6-13-24)22-23-33(36(29)32)38(27)40/h3-23H,2H2,1H3. The molecule has 186 valence electrons. The third-order valence-electron chi connectivity index (χ3n) is 9.13. The van der Waals surface area contributed by atoms with Crippen molar-refractivity contribution in [3.05, 3.63) is 133 Å². The van der Waals surface area contributed by atoms with Crippen molar-refractivity contribution in [2.45, 2.75) is 13.3 Å². The minimum Gasteiger partial charge on any atom is -0.0622 e. The monoisotopic (exact) mass is 506 g/mol. The molecule has 0 aliphatic heterocycles. The highest BCUT2D eigenvalue weighted by atomic mass is 14.3. The van der Waals surface area contributed by atoms with Gasteiger partial charge in [0.25, 0.3) is 0 Å². The average molecular weight is 507 g/mol. The molecule has 0 saturated heterocycles. The van der Waals surface area contributed by atoms with Crippen LogP contribution in [0.25, 0.3) is 86.9 Å². The van der Waals surface area contributed by atoms with E-state index in [2.05, 4.69) is 134 Å². The van der Waals surface area contributed by atoms with Crippen molar-refractivity contribution in [3.63, 3.8) is 0 Å². The fourth-order valence-electron chi connectivity index (χ4n) is 7.63. The molecule has 0 atom stereocenters. The van der Waals surface area contributed by atoms with Crippen LogP contribution in [0.1, 0.15) is 12.5 Å². The van der Waals surface area contributed by atoms with Gasteiger partial charge < -0.3 is 0 Å². The second-order valence-electron chi connectivity index (χ2n) is 11.0. The van der Waals surface area contributed by atoms with Crippen LogP contribution in [0.2, 0.25) is 0 Å². The van der Waals surface area contributed by atoms with Gasteiger partial charge in [0.05, 0.1) is 0 Å². The predicted molar refractivity (Wildman–Crippen MR) is 174 cm³/mol. The summed E-state index contributed by atoms with van der Waals surface area (Å²) in [4.78, 5) is 0. The Bertz CT molecular complexity index is 2370. The molecule has 0 nitrogen and oxygen atoms in total. The van der Waals surface area contributed by atoms with Crippen molar-refractivity contribution in [1.82, 2.24) is 0 Å². The molecule has 0 N–H and O–H groups in total. The second kappa shape index (κ2) is 8.04. The molecule has 0 aromatic heterocycles. The van der Waals surface area contributed by atoms with Crippen molar-refractivity contribution in [2.24, 2.45) is 0 Å². The topological polar surface area (TPSA) is 0 Å². The van der Waals surface area contributed by atoms with Gasteiger partial charge in [0.2, 0.25) is 0 Å². The van der Waals surface area contributed by atoms with Crippen molar-refractivity contribution in [3.8, 4) is 22.3 Å². The Morgan fingerprint density at radius 3 is 1.55 bits per heavy atom. The van der Waals surface area contributed by atoms with Gasteiger partial charge in [0.1, 0.15) is 0 Å². The maximum Gasteiger partial charge on any atom is -0.00107 e. The fourth-order valence-corrected chi connectivity index (χ4v) is 7.63. The number of benzene rings is 7. The zero-order valence-corrected chi connectivity index (χ0v) is 22.3. The molecule has 9 aromatic rings. The lowest BCUT2D eigenvalue weighted by atomic mass is 9.89. The van der Waals surface area contributed by atoms with Crippen LogP contribution < -0.4 is 0 Å². The molecule has 0 spiro atoms. The van der Waals surface area contributed by atoms with Gasteiger partial charge in [-0.15, -0.1) is 0 Å². The summed E-state index contributed by atoms with van der Waals surface area (Å²) in [7, 11) is 0. The first-order chi connectivity index (χ1) is 19.8. The lowest BCUT2D eigenvalue weighted by molar-refractivity contribution is 1.18. The minimum absolute atomic E-state index is 0.986. The van der Waals surface area contributed by atoms with Crippen molar-refractivity contribution in [1.29, 1.82) is 0 Å². The average Bonchev–Trinajstić information content (AvgIpc) is 3.53. The lowest BCUT2D eigenvalue weighted by Gasteiger charge is -2.14. The van der Waals surface area contributed by atoms with E-state index in [1.54, 1.807) is 0 Å². The first-order valence-corrected chi connectivity index (χ1v) is 14.3. The van der Waals surface area contributed by atoms with Crippen LogP contribution >= 0.6 is 0 Å². The summed E-state index contributed by atoms with van der Waals surface area (Å²) < 4.78 is 0. The SMILES string of the molecule is CCc1c2c3cccc4cccc(c2c(-c2ccccc2)c2c5cccc6c(-c7ccccc7)ccc(c12)c65)c43. The number of hydrogen-bond acceptors (Lipinski definition) is 0. The first-order valence-electron chi connectivity index (χ1n) is 14.3. The molecular formula is C40H26. The Labute approximate surface area is 232 Å². The highest BCUT2D eigenvalue weighted by Crippen LogP contribution is 2.53. The van der Waals surface area contributed by atoms with Gasteiger partial charge in [0, 0.05) is 0 Å². The minimum atomic E-state index is 0.986. The first kappa shape index (κ1) is 21.9. The van der Waals surface area contributed by atoms with E-state index in [0.29, 0.717) is 0 Å². The van der Waals surface area contributed by atoms with Crippen LogP contribution in [0.5, 0.6) is 0 Å². The normalized spacial score (nSPS) is 12.2. The van der Waals surface area contributed by atoms with Crippen molar-refractivity contribution < 1.29 is 0 Å². The largest absolute Gasteiger partial charge is 0.0622 e. The van der Waals surface area contributed by atoms with Gasteiger partial charge in [-0.25, -0.2) is 0 Å². The molecule has 0 radical (unpaired) electrons. The van der Waals surface area contributed by atoms with E-state index in [0.717, 1.165) is 6.42 Å². The van der Waals surface area contributed by atoms with Gasteiger partial charge in [-0.2, -0.15) is 0 Å². The van der Waals surface area contributed by atoms with E-state index < -0.39 is 0 Å². The van der Waals surface area contributed by atoms with Crippen molar-refractivity contribution >= 4 is 64.6 Å². The van der Waals surface area contributed by atoms with E-state index in [9.17, 15) is 0 Å². The van der Waals surface area contributed by atoms with Crippen LogP contribution in [-0.2, 0) is 6.42 Å². The molecule has 9 aromatic carbocycles. The quantitative estimate of drug-likeness (QED) is 0.223. The molecule has 0 aliphatic rings. The maximum atomic E-state index is 2.39. The van der Waals surface area contributed by atoms with E-state index >= 15 is 0 Å². The summed E-state index contributed by atoms with van der Waals surface area (Å²) in [6, 6.07) is 47.2. The summed E-state index contributed by atoms with van der Waals surface area (Å²) in [5.41, 5.74) is 6.70. The van der Waals surface area contributed by atoms with Crippen LogP contribution in [0.3, 0.4) is 0 Å². The molecule has 9 rings (SSSR count). The number of aryl methyl sites for hydroxylation is 1. The Balaban J connectivity index is 1.61. The molecular weight excluding hydrogens is 480 g/mol. The maximum absolute atomic E-state index is 2.39. The summed E-state index contributed by atoms with van der Waals surface area (Å²) in [6.07, 6.45) is 0.986. The third kappa shape index (κ3) is 2.71. The molecule has 0 unspecified atom stereocenters. The summed E-state index contributed by atoms with van der Waals surface area (Å²) in [5.74, 6) is 0. The molecule has 0 heterocycles. The number of fused-ring (bicyclic) bond motifs is 6. The molecule has 0 aliphatic carbocycles. The van der Waals surface area contributed by atoms with Gasteiger partial charge in [-0.3, -0.25) is 0 Å². The lowest BCUT2D eigenvalue weighted by Crippen LogP contribution is -1.89. The van der Waals surface area contributed by atoms with Crippen LogP contribution in [-0.4, -0.2) is 0 Å². The van der Waals surface area contributed by atoms with E-state index in [-0.39, 0.29) is 0 Å². The number of hydrogen-bond donors (Lipinski definition) is 0.